The third-order valence-electron chi connectivity index (χ3n) is 6.81. The molecule has 0 fully saturated rings. The van der Waals surface area contributed by atoms with Gasteiger partial charge < -0.3 is 5.11 Å². The van der Waals surface area contributed by atoms with Gasteiger partial charge in [-0.25, -0.2) is 0 Å². The number of hydrogen-bond acceptors (Lipinski definition) is 1. The second-order valence-electron chi connectivity index (χ2n) is 8.80. The first-order chi connectivity index (χ1) is 16.6. The number of phenols is 1. The molecule has 0 amide bonds. The van der Waals surface area contributed by atoms with E-state index in [1.165, 1.54) is 27.0 Å². The first-order valence-corrected chi connectivity index (χ1v) is 14.6. The second kappa shape index (κ2) is 11.3. The molecule has 0 aromatic heterocycles. The molecule has 0 heterocycles. The molecule has 174 valence electrons. The van der Waals surface area contributed by atoms with E-state index in [-0.39, 0.29) is 5.16 Å². The van der Waals surface area contributed by atoms with Crippen LogP contribution in [0.25, 0.3) is 0 Å². The monoisotopic (exact) mass is 484 g/mol. The molecule has 0 radical (unpaired) electrons. The average Bonchev–Trinajstić information content (AvgIpc) is 2.89. The maximum atomic E-state index is 10.8. The van der Waals surface area contributed by atoms with Gasteiger partial charge in [-0.2, -0.15) is 0 Å². The predicted octanol–water partition coefficient (Wildman–Crippen LogP) is 7.35. The van der Waals surface area contributed by atoms with E-state index in [9.17, 15) is 5.11 Å². The maximum Gasteiger partial charge on any atom is 0.119 e. The molecule has 0 aliphatic carbocycles. The SMILES string of the molecule is CCC(CC)(Pc1c(C)cccc1CP(c1ccccc1)c1ccccc1)c1ccccc1O. The van der Waals surface area contributed by atoms with Crippen molar-refractivity contribution in [3.05, 3.63) is 120 Å². The van der Waals surface area contributed by atoms with Crippen LogP contribution in [0.15, 0.2) is 103 Å². The number of phenolic OH excluding ortho intramolecular Hbond substituents is 1. The van der Waals surface area contributed by atoms with Crippen LogP contribution in [-0.2, 0) is 11.3 Å². The summed E-state index contributed by atoms with van der Waals surface area (Å²) in [6.07, 6.45) is 3.02. The minimum Gasteiger partial charge on any atom is -0.508 e. The van der Waals surface area contributed by atoms with Crippen molar-refractivity contribution in [2.75, 3.05) is 0 Å². The fraction of sp³-hybridized carbons (Fsp3) is 0.226. The number of aromatic hydroxyl groups is 1. The van der Waals surface area contributed by atoms with Gasteiger partial charge in [0, 0.05) is 16.9 Å². The summed E-state index contributed by atoms with van der Waals surface area (Å²) in [5.41, 5.74) is 3.88. The smallest absolute Gasteiger partial charge is 0.119 e. The van der Waals surface area contributed by atoms with Gasteiger partial charge >= 0.3 is 0 Å². The van der Waals surface area contributed by atoms with Crippen molar-refractivity contribution in [3.8, 4) is 5.75 Å². The molecule has 0 aliphatic rings. The lowest BCUT2D eigenvalue weighted by molar-refractivity contribution is 0.448. The van der Waals surface area contributed by atoms with Gasteiger partial charge in [-0.15, -0.1) is 0 Å². The van der Waals surface area contributed by atoms with E-state index in [0.29, 0.717) is 14.3 Å². The quantitative estimate of drug-likeness (QED) is 0.246. The zero-order valence-electron chi connectivity index (χ0n) is 20.3. The number of hydrogen-bond donors (Lipinski definition) is 1. The molecular weight excluding hydrogens is 450 g/mol. The molecule has 1 atom stereocenters. The van der Waals surface area contributed by atoms with Crippen molar-refractivity contribution in [2.24, 2.45) is 0 Å². The summed E-state index contributed by atoms with van der Waals surface area (Å²) in [7, 11) is 0.0914. The van der Waals surface area contributed by atoms with Crippen LogP contribution in [0.2, 0.25) is 0 Å². The zero-order valence-corrected chi connectivity index (χ0v) is 22.2. The van der Waals surface area contributed by atoms with Gasteiger partial charge in [-0.05, 0) is 60.8 Å². The van der Waals surface area contributed by atoms with Crippen molar-refractivity contribution >= 4 is 32.4 Å². The van der Waals surface area contributed by atoms with Gasteiger partial charge in [0.1, 0.15) is 5.75 Å². The van der Waals surface area contributed by atoms with Crippen LogP contribution in [0.1, 0.15) is 43.4 Å². The van der Waals surface area contributed by atoms with Crippen LogP contribution < -0.4 is 15.9 Å². The van der Waals surface area contributed by atoms with Crippen LogP contribution >= 0.6 is 16.5 Å². The highest BCUT2D eigenvalue weighted by molar-refractivity contribution is 7.72. The number of para-hydroxylation sites is 1. The lowest BCUT2D eigenvalue weighted by atomic mass is 9.92. The maximum absolute atomic E-state index is 10.8. The van der Waals surface area contributed by atoms with Gasteiger partial charge in [0.25, 0.3) is 0 Å². The van der Waals surface area contributed by atoms with Crippen molar-refractivity contribution in [2.45, 2.75) is 44.9 Å². The Balaban J connectivity index is 1.78. The molecule has 1 nitrogen and oxygen atoms in total. The largest absolute Gasteiger partial charge is 0.508 e. The van der Waals surface area contributed by atoms with Crippen molar-refractivity contribution in [3.63, 3.8) is 0 Å². The van der Waals surface area contributed by atoms with E-state index in [1.807, 2.05) is 12.1 Å². The molecule has 1 N–H and O–H groups in total. The fourth-order valence-corrected chi connectivity index (χ4v) is 9.02. The number of aryl methyl sites for hydroxylation is 1. The Hall–Kier alpha value is -2.46. The van der Waals surface area contributed by atoms with E-state index in [0.717, 1.165) is 24.6 Å². The molecule has 0 spiro atoms. The highest BCUT2D eigenvalue weighted by atomic mass is 31.1. The Morgan fingerprint density at radius 3 is 1.82 bits per heavy atom. The van der Waals surface area contributed by atoms with Crippen molar-refractivity contribution < 1.29 is 5.11 Å². The zero-order chi connectivity index (χ0) is 24.0. The van der Waals surface area contributed by atoms with Gasteiger partial charge in [-0.3, -0.25) is 0 Å². The van der Waals surface area contributed by atoms with Crippen LogP contribution in [0.3, 0.4) is 0 Å². The summed E-state index contributed by atoms with van der Waals surface area (Å²) in [4.78, 5) is 0. The molecular formula is C31H34OP2. The van der Waals surface area contributed by atoms with Gasteiger partial charge in [0.2, 0.25) is 0 Å². The van der Waals surface area contributed by atoms with Crippen LogP contribution in [0, 0.1) is 6.92 Å². The Morgan fingerprint density at radius 2 is 1.26 bits per heavy atom. The third-order valence-corrected chi connectivity index (χ3v) is 11.7. The molecule has 1 unspecified atom stereocenters. The van der Waals surface area contributed by atoms with E-state index in [2.05, 4.69) is 112 Å². The summed E-state index contributed by atoms with van der Waals surface area (Å²) < 4.78 is 0. The summed E-state index contributed by atoms with van der Waals surface area (Å²) in [5.74, 6) is 0.421. The number of rotatable bonds is 9. The Kier molecular flexibility index (Phi) is 8.20. The first-order valence-electron chi connectivity index (χ1n) is 12.1. The van der Waals surface area contributed by atoms with E-state index in [1.54, 1.807) is 0 Å². The molecule has 0 saturated carbocycles. The third kappa shape index (κ3) is 5.27. The highest BCUT2D eigenvalue weighted by Crippen LogP contribution is 2.51. The fourth-order valence-electron chi connectivity index (χ4n) is 4.75. The minimum atomic E-state index is -0.511. The van der Waals surface area contributed by atoms with Crippen LogP contribution in [0.4, 0.5) is 0 Å². The molecule has 34 heavy (non-hydrogen) atoms. The summed E-state index contributed by atoms with van der Waals surface area (Å²) in [6, 6.07) is 36.7. The molecule has 4 rings (SSSR count). The predicted molar refractivity (Wildman–Crippen MR) is 152 cm³/mol. The van der Waals surface area contributed by atoms with Gasteiger partial charge in [0.15, 0.2) is 0 Å². The second-order valence-corrected chi connectivity index (χ2v) is 12.7. The molecule has 3 heteroatoms. The Morgan fingerprint density at radius 1 is 0.706 bits per heavy atom. The molecule has 0 aliphatic heterocycles. The molecule has 4 aromatic rings. The van der Waals surface area contributed by atoms with Gasteiger partial charge in [-0.1, -0.05) is 119 Å². The van der Waals surface area contributed by atoms with E-state index >= 15 is 0 Å². The normalized spacial score (nSPS) is 12.0. The summed E-state index contributed by atoms with van der Waals surface area (Å²) in [5, 5.41) is 15.0. The first kappa shape index (κ1) is 24.7. The topological polar surface area (TPSA) is 20.2 Å². The minimum absolute atomic E-state index is 0.0611. The number of benzene rings is 4. The van der Waals surface area contributed by atoms with E-state index < -0.39 is 7.92 Å². The molecule has 0 saturated heterocycles. The lowest BCUT2D eigenvalue weighted by Crippen LogP contribution is -2.25. The molecule has 0 bridgehead atoms. The summed E-state index contributed by atoms with van der Waals surface area (Å²) in [6.45, 7) is 6.78. The molecule has 4 aromatic carbocycles. The standard InChI is InChI=1S/C31H34OP2/c1-4-31(5-2,28-21-12-13-22-29(28)32)33-30-24(3)15-14-16-25(30)23-34(26-17-8-6-9-18-26)27-19-10-7-11-20-27/h6-22,32-33H,4-5,23H2,1-3H3. The summed E-state index contributed by atoms with van der Waals surface area (Å²) >= 11 is 0. The van der Waals surface area contributed by atoms with E-state index in [4.69, 9.17) is 0 Å². The lowest BCUT2D eigenvalue weighted by Gasteiger charge is -2.35. The van der Waals surface area contributed by atoms with Crippen molar-refractivity contribution in [1.29, 1.82) is 0 Å². The van der Waals surface area contributed by atoms with Crippen molar-refractivity contribution in [1.82, 2.24) is 0 Å². The average molecular weight is 485 g/mol. The highest BCUT2D eigenvalue weighted by Gasteiger charge is 2.32. The van der Waals surface area contributed by atoms with Crippen LogP contribution in [-0.4, -0.2) is 5.11 Å². The van der Waals surface area contributed by atoms with Crippen LogP contribution in [0.5, 0.6) is 5.75 Å². The Labute approximate surface area is 207 Å². The Bertz CT molecular complexity index is 1160. The van der Waals surface area contributed by atoms with Gasteiger partial charge in [0.05, 0.1) is 0 Å².